The number of likely N-dealkylation sites (N-methyl/N-ethyl adjacent to an activating group) is 1. The minimum atomic E-state index is -0.111. The van der Waals surface area contributed by atoms with Crippen molar-refractivity contribution in [2.45, 2.75) is 6.04 Å². The molecule has 2 N–H and O–H groups in total. The minimum absolute atomic E-state index is 0.0160. The SMILES string of the molecule is C[NH+](C)C[C@@H](NC(=O)/C=C/c1cccc(Cl)c1)c1ccccc1. The van der Waals surface area contributed by atoms with Gasteiger partial charge < -0.3 is 10.2 Å². The predicted octanol–water partition coefficient (Wildman–Crippen LogP) is 2.36. The van der Waals surface area contributed by atoms with Gasteiger partial charge in [0.05, 0.1) is 14.1 Å². The van der Waals surface area contributed by atoms with E-state index >= 15 is 0 Å². The lowest BCUT2D eigenvalue weighted by molar-refractivity contribution is -0.860. The van der Waals surface area contributed by atoms with Crippen LogP contribution in [0.3, 0.4) is 0 Å². The fourth-order valence-electron chi connectivity index (χ4n) is 2.35. The molecule has 0 heterocycles. The smallest absolute Gasteiger partial charge is 0.244 e. The Kier molecular flexibility index (Phi) is 6.39. The van der Waals surface area contributed by atoms with Gasteiger partial charge in [0, 0.05) is 11.1 Å². The maximum absolute atomic E-state index is 12.2. The summed E-state index contributed by atoms with van der Waals surface area (Å²) in [5, 5.41) is 3.73. The summed E-state index contributed by atoms with van der Waals surface area (Å²) in [6.07, 6.45) is 3.32. The number of carbonyl (C=O) groups is 1. The van der Waals surface area contributed by atoms with Crippen LogP contribution >= 0.6 is 11.6 Å². The first kappa shape index (κ1) is 17.3. The monoisotopic (exact) mass is 329 g/mol. The number of halogens is 1. The number of hydrogen-bond acceptors (Lipinski definition) is 1. The van der Waals surface area contributed by atoms with Gasteiger partial charge in [-0.1, -0.05) is 54.1 Å². The summed E-state index contributed by atoms with van der Waals surface area (Å²) in [4.78, 5) is 13.5. The summed E-state index contributed by atoms with van der Waals surface area (Å²) in [5.41, 5.74) is 2.01. The molecule has 0 unspecified atom stereocenters. The molecule has 1 amide bonds. The second kappa shape index (κ2) is 8.51. The van der Waals surface area contributed by atoms with E-state index in [4.69, 9.17) is 11.6 Å². The lowest BCUT2D eigenvalue weighted by Crippen LogP contribution is -3.06. The summed E-state index contributed by atoms with van der Waals surface area (Å²) < 4.78 is 0. The van der Waals surface area contributed by atoms with Gasteiger partial charge in [-0.15, -0.1) is 0 Å². The van der Waals surface area contributed by atoms with E-state index in [2.05, 4.69) is 19.4 Å². The molecule has 0 aromatic heterocycles. The molecular formula is C19H22ClN2O+. The van der Waals surface area contributed by atoms with E-state index in [-0.39, 0.29) is 11.9 Å². The number of hydrogen-bond donors (Lipinski definition) is 2. The van der Waals surface area contributed by atoms with Crippen molar-refractivity contribution in [3.05, 3.63) is 76.8 Å². The highest BCUT2D eigenvalue weighted by Gasteiger charge is 2.16. The van der Waals surface area contributed by atoms with Crippen LogP contribution in [0.15, 0.2) is 60.7 Å². The van der Waals surface area contributed by atoms with Gasteiger partial charge in [-0.05, 0) is 29.3 Å². The molecule has 0 spiro atoms. The molecule has 0 saturated heterocycles. The molecule has 2 rings (SSSR count). The summed E-state index contributed by atoms with van der Waals surface area (Å²) in [5.74, 6) is -0.111. The molecule has 120 valence electrons. The van der Waals surface area contributed by atoms with Crippen molar-refractivity contribution < 1.29 is 9.69 Å². The molecule has 0 saturated carbocycles. The highest BCUT2D eigenvalue weighted by molar-refractivity contribution is 6.30. The molecule has 0 radical (unpaired) electrons. The molecular weight excluding hydrogens is 308 g/mol. The number of amides is 1. The van der Waals surface area contributed by atoms with E-state index < -0.39 is 0 Å². The van der Waals surface area contributed by atoms with Crippen molar-refractivity contribution in [2.24, 2.45) is 0 Å². The minimum Gasteiger partial charge on any atom is -0.340 e. The number of benzene rings is 2. The largest absolute Gasteiger partial charge is 0.340 e. The molecule has 0 bridgehead atoms. The van der Waals surface area contributed by atoms with Crippen molar-refractivity contribution in [1.82, 2.24) is 5.32 Å². The van der Waals surface area contributed by atoms with E-state index in [1.54, 1.807) is 12.2 Å². The van der Waals surface area contributed by atoms with Crippen LogP contribution in [0, 0.1) is 0 Å². The Morgan fingerprint density at radius 2 is 1.91 bits per heavy atom. The van der Waals surface area contributed by atoms with Crippen LogP contribution in [-0.2, 0) is 4.79 Å². The zero-order valence-corrected chi connectivity index (χ0v) is 14.2. The Labute approximate surface area is 142 Å². The summed E-state index contributed by atoms with van der Waals surface area (Å²) >= 11 is 5.94. The quantitative estimate of drug-likeness (QED) is 0.784. The average molecular weight is 330 g/mol. The van der Waals surface area contributed by atoms with Crippen LogP contribution < -0.4 is 10.2 Å². The first-order chi connectivity index (χ1) is 11.0. The van der Waals surface area contributed by atoms with Gasteiger partial charge in [-0.25, -0.2) is 0 Å². The number of nitrogens with one attached hydrogen (secondary N) is 2. The van der Waals surface area contributed by atoms with Crippen molar-refractivity contribution >= 4 is 23.6 Å². The third kappa shape index (κ3) is 5.89. The van der Waals surface area contributed by atoms with E-state index in [1.165, 1.54) is 4.90 Å². The van der Waals surface area contributed by atoms with Crippen LogP contribution in [0.1, 0.15) is 17.2 Å². The zero-order chi connectivity index (χ0) is 16.7. The van der Waals surface area contributed by atoms with Crippen LogP contribution in [-0.4, -0.2) is 26.5 Å². The third-order valence-electron chi connectivity index (χ3n) is 3.41. The maximum Gasteiger partial charge on any atom is 0.244 e. The predicted molar refractivity (Wildman–Crippen MR) is 95.5 cm³/mol. The molecule has 1 atom stereocenters. The molecule has 2 aromatic carbocycles. The highest BCUT2D eigenvalue weighted by Crippen LogP contribution is 2.13. The first-order valence-corrected chi connectivity index (χ1v) is 8.00. The van der Waals surface area contributed by atoms with Gasteiger partial charge in [0.1, 0.15) is 12.6 Å². The van der Waals surface area contributed by atoms with Crippen LogP contribution in [0.5, 0.6) is 0 Å². The first-order valence-electron chi connectivity index (χ1n) is 7.62. The van der Waals surface area contributed by atoms with Gasteiger partial charge in [-0.2, -0.15) is 0 Å². The van der Waals surface area contributed by atoms with E-state index in [9.17, 15) is 4.79 Å². The fourth-order valence-corrected chi connectivity index (χ4v) is 2.55. The molecule has 4 heteroatoms. The van der Waals surface area contributed by atoms with E-state index in [1.807, 2.05) is 54.6 Å². The van der Waals surface area contributed by atoms with E-state index in [0.717, 1.165) is 17.7 Å². The molecule has 0 fully saturated rings. The third-order valence-corrected chi connectivity index (χ3v) is 3.64. The van der Waals surface area contributed by atoms with Gasteiger partial charge in [0.25, 0.3) is 0 Å². The Bertz CT molecular complexity index is 668. The number of rotatable bonds is 6. The highest BCUT2D eigenvalue weighted by atomic mass is 35.5. The number of quaternary nitrogens is 1. The van der Waals surface area contributed by atoms with Crippen LogP contribution in [0.25, 0.3) is 6.08 Å². The van der Waals surface area contributed by atoms with Gasteiger partial charge in [0.15, 0.2) is 0 Å². The van der Waals surface area contributed by atoms with Crippen LogP contribution in [0.2, 0.25) is 5.02 Å². The Morgan fingerprint density at radius 1 is 1.17 bits per heavy atom. The molecule has 0 aliphatic heterocycles. The number of carbonyl (C=O) groups excluding carboxylic acids is 1. The second-order valence-electron chi connectivity index (χ2n) is 5.77. The Balaban J connectivity index is 2.05. The summed E-state index contributed by atoms with van der Waals surface area (Å²) in [6.45, 7) is 0.820. The lowest BCUT2D eigenvalue weighted by Gasteiger charge is -2.20. The van der Waals surface area contributed by atoms with Crippen molar-refractivity contribution in [1.29, 1.82) is 0 Å². The van der Waals surface area contributed by atoms with Crippen molar-refractivity contribution in [3.63, 3.8) is 0 Å². The average Bonchev–Trinajstić information content (AvgIpc) is 2.53. The Hall–Kier alpha value is -2.10. The molecule has 0 aliphatic rings. The van der Waals surface area contributed by atoms with E-state index in [0.29, 0.717) is 5.02 Å². The second-order valence-corrected chi connectivity index (χ2v) is 6.21. The Morgan fingerprint density at radius 3 is 2.57 bits per heavy atom. The maximum atomic E-state index is 12.2. The molecule has 23 heavy (non-hydrogen) atoms. The van der Waals surface area contributed by atoms with Crippen molar-refractivity contribution in [3.8, 4) is 0 Å². The van der Waals surface area contributed by atoms with Crippen molar-refractivity contribution in [2.75, 3.05) is 20.6 Å². The summed E-state index contributed by atoms with van der Waals surface area (Å²) in [6, 6.07) is 17.4. The standard InChI is InChI=1S/C19H21ClN2O/c1-22(2)14-18(16-8-4-3-5-9-16)21-19(23)12-11-15-7-6-10-17(20)13-15/h3-13,18H,14H2,1-2H3,(H,21,23)/p+1/b12-11+/t18-/m1/s1. The molecule has 0 aliphatic carbocycles. The van der Waals surface area contributed by atoms with Gasteiger partial charge >= 0.3 is 0 Å². The van der Waals surface area contributed by atoms with Crippen LogP contribution in [0.4, 0.5) is 0 Å². The molecule has 2 aromatic rings. The molecule has 3 nitrogen and oxygen atoms in total. The fraction of sp³-hybridized carbons (Fsp3) is 0.211. The summed E-state index contributed by atoms with van der Waals surface area (Å²) in [7, 11) is 4.15. The lowest BCUT2D eigenvalue weighted by atomic mass is 10.1. The van der Waals surface area contributed by atoms with Gasteiger partial charge in [0.2, 0.25) is 5.91 Å². The normalized spacial score (nSPS) is 12.5. The van der Waals surface area contributed by atoms with Gasteiger partial charge in [-0.3, -0.25) is 4.79 Å². The topological polar surface area (TPSA) is 33.5 Å². The zero-order valence-electron chi connectivity index (χ0n) is 13.4.